The lowest BCUT2D eigenvalue weighted by molar-refractivity contribution is -0.122. The van der Waals surface area contributed by atoms with Crippen molar-refractivity contribution in [3.63, 3.8) is 0 Å². The van der Waals surface area contributed by atoms with Crippen molar-refractivity contribution in [2.45, 2.75) is 19.8 Å². The molecule has 0 heterocycles. The van der Waals surface area contributed by atoms with Crippen molar-refractivity contribution < 1.29 is 9.53 Å². The summed E-state index contributed by atoms with van der Waals surface area (Å²) in [4.78, 5) is 11.2. The van der Waals surface area contributed by atoms with Crippen molar-refractivity contribution in [1.29, 1.82) is 0 Å². The summed E-state index contributed by atoms with van der Waals surface area (Å²) in [5, 5.41) is 3.87. The summed E-state index contributed by atoms with van der Waals surface area (Å²) < 4.78 is 5.07. The Labute approximate surface area is 102 Å². The Morgan fingerprint density at radius 1 is 1.41 bits per heavy atom. The molecule has 1 aromatic carbocycles. The molecule has 0 aliphatic heterocycles. The van der Waals surface area contributed by atoms with E-state index >= 15 is 0 Å². The van der Waals surface area contributed by atoms with E-state index in [0.717, 1.165) is 0 Å². The van der Waals surface area contributed by atoms with Gasteiger partial charge in [-0.05, 0) is 12.5 Å². The molecular weight excluding hydrogens is 216 g/mol. The largest absolute Gasteiger partial charge is 0.381 e. The number of rotatable bonds is 7. The summed E-state index contributed by atoms with van der Waals surface area (Å²) in [5.74, 6) is -0.122. The molecule has 0 fully saturated rings. The fourth-order valence-electron chi connectivity index (χ4n) is 1.25. The first-order valence-electron chi connectivity index (χ1n) is 5.75. The van der Waals surface area contributed by atoms with Crippen LogP contribution in [-0.4, -0.2) is 25.3 Å². The molecule has 1 rings (SSSR count). The van der Waals surface area contributed by atoms with Crippen LogP contribution in [0.4, 0.5) is 0 Å². The van der Waals surface area contributed by atoms with Crippen LogP contribution in [0.3, 0.4) is 0 Å². The smallest absolute Gasteiger partial charge is 0.242 e. The maximum atomic E-state index is 11.2. The number of nitrogens with zero attached hydrogens (tertiary/aromatic N) is 1. The second-order valence-electron chi connectivity index (χ2n) is 3.48. The first-order valence-corrected chi connectivity index (χ1v) is 5.75. The third kappa shape index (κ3) is 6.48. The van der Waals surface area contributed by atoms with Gasteiger partial charge in [-0.1, -0.05) is 30.3 Å². The third-order valence-corrected chi connectivity index (χ3v) is 2.13. The standard InChI is InChI=1S/C13H18N2O2/c1-2-17-11-9-13(16)15-14-10-8-12-6-4-3-5-7-12/h3-7,10H,2,8-9,11H2,1H3,(H,15,16)/b14-10+. The summed E-state index contributed by atoms with van der Waals surface area (Å²) in [6.45, 7) is 2.97. The second-order valence-corrected chi connectivity index (χ2v) is 3.48. The van der Waals surface area contributed by atoms with Gasteiger partial charge in [-0.15, -0.1) is 0 Å². The average Bonchev–Trinajstić information content (AvgIpc) is 2.36. The number of hydrogen-bond donors (Lipinski definition) is 1. The Bertz CT molecular complexity index is 350. The van der Waals surface area contributed by atoms with E-state index < -0.39 is 0 Å². The summed E-state index contributed by atoms with van der Waals surface area (Å²) in [7, 11) is 0. The fourth-order valence-corrected chi connectivity index (χ4v) is 1.25. The molecule has 4 heteroatoms. The van der Waals surface area contributed by atoms with Gasteiger partial charge in [0.05, 0.1) is 13.0 Å². The SMILES string of the molecule is CCOCCC(=O)N/N=C/Cc1ccccc1. The predicted octanol–water partition coefficient (Wildman–Crippen LogP) is 1.76. The van der Waals surface area contributed by atoms with Crippen LogP contribution in [0.25, 0.3) is 0 Å². The normalized spacial score (nSPS) is 10.6. The molecule has 17 heavy (non-hydrogen) atoms. The molecule has 0 aliphatic carbocycles. The van der Waals surface area contributed by atoms with Crippen molar-refractivity contribution in [1.82, 2.24) is 5.43 Å². The number of nitrogens with one attached hydrogen (secondary N) is 1. The van der Waals surface area contributed by atoms with Gasteiger partial charge in [-0.25, -0.2) is 5.43 Å². The number of hydrazone groups is 1. The Morgan fingerprint density at radius 3 is 2.88 bits per heavy atom. The monoisotopic (exact) mass is 234 g/mol. The molecular formula is C13H18N2O2. The van der Waals surface area contributed by atoms with E-state index in [1.165, 1.54) is 5.56 Å². The second kappa shape index (κ2) is 8.47. The van der Waals surface area contributed by atoms with E-state index in [2.05, 4.69) is 10.5 Å². The minimum atomic E-state index is -0.122. The van der Waals surface area contributed by atoms with Crippen molar-refractivity contribution in [2.75, 3.05) is 13.2 Å². The maximum Gasteiger partial charge on any atom is 0.242 e. The lowest BCUT2D eigenvalue weighted by atomic mass is 10.2. The molecule has 0 saturated carbocycles. The predicted molar refractivity (Wildman–Crippen MR) is 67.9 cm³/mol. The molecule has 0 aromatic heterocycles. The Hall–Kier alpha value is -1.68. The van der Waals surface area contributed by atoms with E-state index in [4.69, 9.17) is 4.74 Å². The van der Waals surface area contributed by atoms with Crippen LogP contribution < -0.4 is 5.43 Å². The number of hydrogen-bond acceptors (Lipinski definition) is 3. The van der Waals surface area contributed by atoms with Gasteiger partial charge in [0.1, 0.15) is 0 Å². The summed E-state index contributed by atoms with van der Waals surface area (Å²) >= 11 is 0. The van der Waals surface area contributed by atoms with Crippen LogP contribution in [0, 0.1) is 0 Å². The Morgan fingerprint density at radius 2 is 2.18 bits per heavy atom. The van der Waals surface area contributed by atoms with Crippen LogP contribution in [0.5, 0.6) is 0 Å². The van der Waals surface area contributed by atoms with E-state index in [1.807, 2.05) is 37.3 Å². The van der Waals surface area contributed by atoms with Crippen LogP contribution in [0.1, 0.15) is 18.9 Å². The van der Waals surface area contributed by atoms with Crippen LogP contribution in [-0.2, 0) is 16.0 Å². The number of carbonyl (C=O) groups excluding carboxylic acids is 1. The van der Waals surface area contributed by atoms with Crippen molar-refractivity contribution in [3.8, 4) is 0 Å². The highest BCUT2D eigenvalue weighted by Crippen LogP contribution is 1.97. The van der Waals surface area contributed by atoms with E-state index in [1.54, 1.807) is 6.21 Å². The Balaban J connectivity index is 2.15. The van der Waals surface area contributed by atoms with Gasteiger partial charge in [-0.2, -0.15) is 5.10 Å². The zero-order valence-corrected chi connectivity index (χ0v) is 10.1. The van der Waals surface area contributed by atoms with Crippen LogP contribution in [0.15, 0.2) is 35.4 Å². The summed E-state index contributed by atoms with van der Waals surface area (Å²) in [5.41, 5.74) is 3.63. The average molecular weight is 234 g/mol. The lowest BCUT2D eigenvalue weighted by Gasteiger charge is -2.00. The molecule has 0 unspecified atom stereocenters. The molecule has 0 radical (unpaired) electrons. The molecule has 4 nitrogen and oxygen atoms in total. The number of amides is 1. The van der Waals surface area contributed by atoms with Gasteiger partial charge < -0.3 is 4.74 Å². The highest BCUT2D eigenvalue weighted by atomic mass is 16.5. The topological polar surface area (TPSA) is 50.7 Å². The summed E-state index contributed by atoms with van der Waals surface area (Å²) in [6.07, 6.45) is 2.75. The molecule has 0 bridgehead atoms. The Kier molecular flexibility index (Phi) is 6.67. The van der Waals surface area contributed by atoms with E-state index in [0.29, 0.717) is 26.1 Å². The minimum Gasteiger partial charge on any atom is -0.381 e. The number of benzene rings is 1. The van der Waals surface area contributed by atoms with Crippen molar-refractivity contribution >= 4 is 12.1 Å². The fraction of sp³-hybridized carbons (Fsp3) is 0.385. The number of ether oxygens (including phenoxy) is 1. The molecule has 0 saturated heterocycles. The molecule has 0 aliphatic rings. The van der Waals surface area contributed by atoms with E-state index in [9.17, 15) is 4.79 Å². The van der Waals surface area contributed by atoms with Crippen molar-refractivity contribution in [2.24, 2.45) is 5.10 Å². The lowest BCUT2D eigenvalue weighted by Crippen LogP contribution is -2.19. The summed E-state index contributed by atoms with van der Waals surface area (Å²) in [6, 6.07) is 9.95. The highest BCUT2D eigenvalue weighted by molar-refractivity contribution is 5.77. The first-order chi connectivity index (χ1) is 8.33. The zero-order chi connectivity index (χ0) is 12.3. The quantitative estimate of drug-likeness (QED) is 0.444. The van der Waals surface area contributed by atoms with Gasteiger partial charge in [-0.3, -0.25) is 4.79 Å². The van der Waals surface area contributed by atoms with Gasteiger partial charge in [0, 0.05) is 19.2 Å². The van der Waals surface area contributed by atoms with Gasteiger partial charge >= 0.3 is 0 Å². The highest BCUT2D eigenvalue weighted by Gasteiger charge is 1.97. The van der Waals surface area contributed by atoms with Gasteiger partial charge in [0.2, 0.25) is 5.91 Å². The maximum absolute atomic E-state index is 11.2. The zero-order valence-electron chi connectivity index (χ0n) is 10.1. The van der Waals surface area contributed by atoms with Crippen LogP contribution >= 0.6 is 0 Å². The first kappa shape index (κ1) is 13.4. The molecule has 0 atom stereocenters. The number of carbonyl (C=O) groups is 1. The van der Waals surface area contributed by atoms with Crippen LogP contribution in [0.2, 0.25) is 0 Å². The molecule has 1 amide bonds. The van der Waals surface area contributed by atoms with Gasteiger partial charge in [0.25, 0.3) is 0 Å². The molecule has 0 spiro atoms. The molecule has 1 N–H and O–H groups in total. The van der Waals surface area contributed by atoms with Crippen molar-refractivity contribution in [3.05, 3.63) is 35.9 Å². The minimum absolute atomic E-state index is 0.122. The third-order valence-electron chi connectivity index (χ3n) is 2.13. The molecule has 1 aromatic rings. The molecule has 92 valence electrons. The van der Waals surface area contributed by atoms with E-state index in [-0.39, 0.29) is 5.91 Å². The van der Waals surface area contributed by atoms with Gasteiger partial charge in [0.15, 0.2) is 0 Å².